The number of hydrogen-bond donors (Lipinski definition) is 2. The van der Waals surface area contributed by atoms with E-state index < -0.39 is 17.5 Å². The van der Waals surface area contributed by atoms with Crippen LogP contribution in [-0.4, -0.2) is 22.9 Å². The van der Waals surface area contributed by atoms with Gasteiger partial charge >= 0.3 is 0 Å². The number of anilines is 1. The lowest BCUT2D eigenvalue weighted by Crippen LogP contribution is -2.54. The van der Waals surface area contributed by atoms with E-state index >= 15 is 0 Å². The maximum absolute atomic E-state index is 13.1. The Morgan fingerprint density at radius 1 is 1.06 bits per heavy atom. The molecule has 1 fully saturated rings. The van der Waals surface area contributed by atoms with Gasteiger partial charge in [0.05, 0.1) is 5.92 Å². The van der Waals surface area contributed by atoms with Gasteiger partial charge in [0.1, 0.15) is 12.4 Å². The van der Waals surface area contributed by atoms with Gasteiger partial charge in [-0.05, 0) is 36.8 Å². The van der Waals surface area contributed by atoms with Crippen molar-refractivity contribution in [1.82, 2.24) is 5.32 Å². The highest BCUT2D eigenvalue weighted by Gasteiger charge is 2.67. The average Bonchev–Trinajstić information content (AvgIpc) is 3.27. The van der Waals surface area contributed by atoms with Gasteiger partial charge in [0.15, 0.2) is 5.54 Å². The van der Waals surface area contributed by atoms with E-state index in [1.807, 2.05) is 43.3 Å². The van der Waals surface area contributed by atoms with Crippen LogP contribution >= 0.6 is 11.6 Å². The van der Waals surface area contributed by atoms with Crippen LogP contribution < -0.4 is 15.4 Å². The van der Waals surface area contributed by atoms with Crippen LogP contribution in [-0.2, 0) is 16.9 Å². The molecule has 2 aliphatic rings. The fourth-order valence-electron chi connectivity index (χ4n) is 5.12. The quantitative estimate of drug-likeness (QED) is 0.429. The average molecular weight is 464 g/mol. The number of halogens is 1. The first-order chi connectivity index (χ1) is 15.9. The summed E-state index contributed by atoms with van der Waals surface area (Å²) < 4.78 is 5.85. The van der Waals surface area contributed by atoms with Crippen LogP contribution in [0.2, 0.25) is 5.02 Å². The zero-order chi connectivity index (χ0) is 23.2. The number of amides is 1. The molecule has 33 heavy (non-hydrogen) atoms. The minimum atomic E-state index is -1.41. The molecule has 1 saturated heterocycles. The van der Waals surface area contributed by atoms with Gasteiger partial charge in [-0.25, -0.2) is 0 Å². The number of nitro groups is 1. The summed E-state index contributed by atoms with van der Waals surface area (Å²) in [5, 5.41) is 19.1. The van der Waals surface area contributed by atoms with Gasteiger partial charge in [-0.2, -0.15) is 0 Å². The van der Waals surface area contributed by atoms with Gasteiger partial charge in [-0.1, -0.05) is 60.1 Å². The predicted molar refractivity (Wildman–Crippen MR) is 125 cm³/mol. The van der Waals surface area contributed by atoms with Crippen LogP contribution in [0.1, 0.15) is 29.5 Å². The molecule has 0 aromatic heterocycles. The van der Waals surface area contributed by atoms with E-state index in [1.165, 1.54) is 0 Å². The first-order valence-corrected chi connectivity index (χ1v) is 11.1. The van der Waals surface area contributed by atoms with Crippen LogP contribution in [0.25, 0.3) is 0 Å². The molecule has 3 aromatic carbocycles. The van der Waals surface area contributed by atoms with Crippen LogP contribution in [0, 0.1) is 10.1 Å². The van der Waals surface area contributed by atoms with Crippen LogP contribution in [0.4, 0.5) is 5.69 Å². The molecule has 1 amide bonds. The lowest BCUT2D eigenvalue weighted by molar-refractivity contribution is -0.532. The smallest absolute Gasteiger partial charge is 0.256 e. The van der Waals surface area contributed by atoms with Crippen LogP contribution in [0.3, 0.4) is 0 Å². The number of fused-ring (bicyclic) bond motifs is 2. The molecule has 4 atom stereocenters. The minimum Gasteiger partial charge on any atom is -0.489 e. The van der Waals surface area contributed by atoms with Gasteiger partial charge in [0.2, 0.25) is 0 Å². The van der Waals surface area contributed by atoms with Gasteiger partial charge in [-0.15, -0.1) is 0 Å². The van der Waals surface area contributed by atoms with Crippen molar-refractivity contribution < 1.29 is 14.5 Å². The normalized spacial score (nSPS) is 25.6. The monoisotopic (exact) mass is 463 g/mol. The van der Waals surface area contributed by atoms with Gasteiger partial charge < -0.3 is 10.1 Å². The summed E-state index contributed by atoms with van der Waals surface area (Å²) in [7, 11) is 0. The molecule has 2 heterocycles. The summed E-state index contributed by atoms with van der Waals surface area (Å²) in [6.07, 6.45) is 0. The SMILES string of the molecule is C[C@@H]1N[C@]2(C(=O)Nc3ccccc32)[C@H]([N+](=O)[O-])[C@H]1c1ccc(OCc2ccccc2Cl)cc1. The molecule has 0 saturated carbocycles. The van der Waals surface area contributed by atoms with Crippen molar-refractivity contribution in [2.24, 2.45) is 0 Å². The van der Waals surface area contributed by atoms with Crippen molar-refractivity contribution in [3.8, 4) is 5.75 Å². The summed E-state index contributed by atoms with van der Waals surface area (Å²) in [5.74, 6) is -0.262. The van der Waals surface area contributed by atoms with E-state index in [1.54, 1.807) is 36.4 Å². The van der Waals surface area contributed by atoms with Crippen molar-refractivity contribution in [3.63, 3.8) is 0 Å². The fourth-order valence-corrected chi connectivity index (χ4v) is 5.31. The molecule has 0 radical (unpaired) electrons. The van der Waals surface area contributed by atoms with Crippen molar-refractivity contribution in [2.75, 3.05) is 5.32 Å². The molecule has 3 aromatic rings. The number of para-hydroxylation sites is 1. The van der Waals surface area contributed by atoms with Crippen molar-refractivity contribution in [2.45, 2.75) is 37.1 Å². The first kappa shape index (κ1) is 21.4. The molecular weight excluding hydrogens is 442 g/mol. The Balaban J connectivity index is 1.44. The Hall–Kier alpha value is -3.42. The first-order valence-electron chi connectivity index (χ1n) is 10.7. The Kier molecular flexibility index (Phi) is 5.31. The molecule has 1 spiro atoms. The Morgan fingerprint density at radius 3 is 2.48 bits per heavy atom. The van der Waals surface area contributed by atoms with E-state index in [-0.39, 0.29) is 16.9 Å². The van der Waals surface area contributed by atoms with E-state index in [9.17, 15) is 14.9 Å². The molecule has 5 rings (SSSR count). The predicted octanol–water partition coefficient (Wildman–Crippen LogP) is 4.49. The largest absolute Gasteiger partial charge is 0.489 e. The highest BCUT2D eigenvalue weighted by atomic mass is 35.5. The highest BCUT2D eigenvalue weighted by Crippen LogP contribution is 2.49. The molecule has 0 unspecified atom stereocenters. The summed E-state index contributed by atoms with van der Waals surface area (Å²) in [4.78, 5) is 25.1. The van der Waals surface area contributed by atoms with Crippen molar-refractivity contribution >= 4 is 23.2 Å². The second kappa shape index (κ2) is 8.17. The molecule has 0 bridgehead atoms. The fraction of sp³-hybridized carbons (Fsp3) is 0.240. The third-order valence-corrected chi connectivity index (χ3v) is 6.95. The number of carbonyl (C=O) groups excluding carboxylic acids is 1. The third kappa shape index (κ3) is 3.44. The molecule has 168 valence electrons. The van der Waals surface area contributed by atoms with E-state index in [0.717, 1.165) is 11.1 Å². The maximum atomic E-state index is 13.1. The standard InChI is InChI=1S/C25H22ClN3O4/c1-15-22(16-10-12-18(13-11-16)33-14-17-6-2-4-8-20(17)26)23(29(31)32)25(28-15)19-7-3-5-9-21(19)27-24(25)30/h2-13,15,22-23,28H,14H2,1H3,(H,27,30)/t15-,22+,23+,25-/m0/s1. The number of hydrogen-bond acceptors (Lipinski definition) is 5. The van der Waals surface area contributed by atoms with E-state index in [2.05, 4.69) is 10.6 Å². The highest BCUT2D eigenvalue weighted by molar-refractivity contribution is 6.31. The Bertz CT molecular complexity index is 1230. The minimum absolute atomic E-state index is 0.299. The van der Waals surface area contributed by atoms with Gasteiger partial charge in [-0.3, -0.25) is 20.2 Å². The maximum Gasteiger partial charge on any atom is 0.256 e. The van der Waals surface area contributed by atoms with Crippen LogP contribution in [0.15, 0.2) is 72.8 Å². The zero-order valence-corrected chi connectivity index (χ0v) is 18.6. The number of benzene rings is 3. The lowest BCUT2D eigenvalue weighted by Gasteiger charge is -2.25. The molecular formula is C25H22ClN3O4. The van der Waals surface area contributed by atoms with E-state index in [0.29, 0.717) is 28.6 Å². The summed E-state index contributed by atoms with van der Waals surface area (Å²) >= 11 is 6.19. The molecule has 8 heteroatoms. The topological polar surface area (TPSA) is 93.5 Å². The number of carbonyl (C=O) groups is 1. The lowest BCUT2D eigenvalue weighted by atomic mass is 9.78. The number of nitrogens with zero attached hydrogens (tertiary/aromatic N) is 1. The molecule has 2 N–H and O–H groups in total. The number of nitrogens with one attached hydrogen (secondary N) is 2. The second-order valence-corrected chi connectivity index (χ2v) is 8.85. The third-order valence-electron chi connectivity index (χ3n) is 6.58. The Labute approximate surface area is 195 Å². The van der Waals surface area contributed by atoms with Crippen molar-refractivity contribution in [1.29, 1.82) is 0 Å². The van der Waals surface area contributed by atoms with E-state index in [4.69, 9.17) is 16.3 Å². The second-order valence-electron chi connectivity index (χ2n) is 8.45. The van der Waals surface area contributed by atoms with Crippen LogP contribution in [0.5, 0.6) is 5.75 Å². The summed E-state index contributed by atoms with van der Waals surface area (Å²) in [6.45, 7) is 2.20. The number of rotatable bonds is 5. The summed E-state index contributed by atoms with van der Waals surface area (Å²) in [6, 6.07) is 20.4. The van der Waals surface area contributed by atoms with Gasteiger partial charge in [0, 0.05) is 32.8 Å². The number of ether oxygens (including phenoxy) is 1. The summed E-state index contributed by atoms with van der Waals surface area (Å²) in [5.41, 5.74) is 1.46. The Morgan fingerprint density at radius 2 is 1.76 bits per heavy atom. The zero-order valence-electron chi connectivity index (χ0n) is 17.8. The molecule has 7 nitrogen and oxygen atoms in total. The molecule has 2 aliphatic heterocycles. The molecule has 0 aliphatic carbocycles. The van der Waals surface area contributed by atoms with Gasteiger partial charge in [0.25, 0.3) is 11.9 Å². The van der Waals surface area contributed by atoms with Crippen molar-refractivity contribution in [3.05, 3.63) is 105 Å².